The van der Waals surface area contributed by atoms with Crippen LogP contribution in [0.4, 0.5) is 0 Å². The van der Waals surface area contributed by atoms with Crippen LogP contribution in [0.2, 0.25) is 0 Å². The number of nitrogens with two attached hydrogens (primary N) is 1. The molecule has 1 aromatic carbocycles. The van der Waals surface area contributed by atoms with Gasteiger partial charge in [-0.3, -0.25) is 0 Å². The summed E-state index contributed by atoms with van der Waals surface area (Å²) in [7, 11) is 0. The van der Waals surface area contributed by atoms with Gasteiger partial charge in [-0.05, 0) is 29.5 Å². The highest BCUT2D eigenvalue weighted by atomic mass is 14.7. The number of nitrogens with one attached hydrogen (secondary N) is 1. The predicted octanol–water partition coefficient (Wildman–Crippen LogP) is 3.36. The Bertz CT molecular complexity index is 431. The van der Waals surface area contributed by atoms with Gasteiger partial charge in [0.1, 0.15) is 0 Å². The molecule has 80 valence electrons. The molecule has 2 aromatic rings. The van der Waals surface area contributed by atoms with Crippen LogP contribution in [-0.4, -0.2) is 4.98 Å². The average molecular weight is 202 g/mol. The molecule has 0 aliphatic heterocycles. The lowest BCUT2D eigenvalue weighted by molar-refractivity contribution is 0.604. The van der Waals surface area contributed by atoms with Gasteiger partial charge in [-0.25, -0.2) is 0 Å². The first-order valence-electron chi connectivity index (χ1n) is 5.64. The summed E-state index contributed by atoms with van der Waals surface area (Å²) in [6, 6.07) is 8.69. The first-order chi connectivity index (χ1) is 7.31. The van der Waals surface area contributed by atoms with E-state index in [1.807, 2.05) is 6.20 Å². The van der Waals surface area contributed by atoms with Gasteiger partial charge in [0.15, 0.2) is 0 Å². The molecule has 15 heavy (non-hydrogen) atoms. The lowest BCUT2D eigenvalue weighted by atomic mass is 10.0. The topological polar surface area (TPSA) is 41.8 Å². The zero-order valence-electron chi connectivity index (χ0n) is 9.16. The number of hydrogen-bond acceptors (Lipinski definition) is 1. The molecule has 2 heteroatoms. The second-order valence-corrected chi connectivity index (χ2v) is 4.07. The van der Waals surface area contributed by atoms with E-state index in [0.717, 1.165) is 6.42 Å². The van der Waals surface area contributed by atoms with E-state index in [1.54, 1.807) is 0 Å². The van der Waals surface area contributed by atoms with Crippen LogP contribution in [0.25, 0.3) is 10.9 Å². The van der Waals surface area contributed by atoms with Gasteiger partial charge < -0.3 is 10.7 Å². The molecule has 0 saturated carbocycles. The van der Waals surface area contributed by atoms with Crippen LogP contribution in [0.1, 0.15) is 37.8 Å². The second-order valence-electron chi connectivity index (χ2n) is 4.07. The van der Waals surface area contributed by atoms with Crippen LogP contribution in [-0.2, 0) is 0 Å². The number of aromatic amines is 1. The Labute approximate surface area is 90.5 Å². The maximum absolute atomic E-state index is 6.13. The number of aromatic nitrogens is 1. The number of fused-ring (bicyclic) bond motifs is 1. The van der Waals surface area contributed by atoms with Crippen LogP contribution in [0, 0.1) is 0 Å². The van der Waals surface area contributed by atoms with Crippen molar-refractivity contribution in [3.05, 3.63) is 36.0 Å². The SMILES string of the molecule is CCCC[C@H](N)c1ccc2cc[nH]c2c1. The summed E-state index contributed by atoms with van der Waals surface area (Å²) in [5.74, 6) is 0. The minimum absolute atomic E-state index is 0.178. The van der Waals surface area contributed by atoms with Gasteiger partial charge in [0.2, 0.25) is 0 Å². The van der Waals surface area contributed by atoms with Crippen LogP contribution in [0.3, 0.4) is 0 Å². The molecule has 1 heterocycles. The van der Waals surface area contributed by atoms with Crippen LogP contribution < -0.4 is 5.73 Å². The van der Waals surface area contributed by atoms with Gasteiger partial charge in [-0.2, -0.15) is 0 Å². The fourth-order valence-electron chi connectivity index (χ4n) is 1.89. The normalized spacial score (nSPS) is 13.2. The van der Waals surface area contributed by atoms with E-state index < -0.39 is 0 Å². The van der Waals surface area contributed by atoms with Crippen molar-refractivity contribution >= 4 is 10.9 Å². The standard InChI is InChI=1S/C13H18N2/c1-2-3-4-12(14)11-6-5-10-7-8-15-13(10)9-11/h5-9,12,15H,2-4,14H2,1H3/t12-/m0/s1. The van der Waals surface area contributed by atoms with E-state index in [2.05, 4.69) is 36.2 Å². The van der Waals surface area contributed by atoms with E-state index in [-0.39, 0.29) is 6.04 Å². The Morgan fingerprint density at radius 3 is 3.00 bits per heavy atom. The lowest BCUT2D eigenvalue weighted by Gasteiger charge is -2.11. The maximum Gasteiger partial charge on any atom is 0.0457 e. The molecular formula is C13H18N2. The highest BCUT2D eigenvalue weighted by Crippen LogP contribution is 2.21. The molecule has 1 atom stereocenters. The summed E-state index contributed by atoms with van der Waals surface area (Å²) < 4.78 is 0. The Balaban J connectivity index is 2.19. The van der Waals surface area contributed by atoms with Crippen molar-refractivity contribution in [3.63, 3.8) is 0 Å². The fourth-order valence-corrected chi connectivity index (χ4v) is 1.89. The molecular weight excluding hydrogens is 184 g/mol. The van der Waals surface area contributed by atoms with Crippen LogP contribution in [0.15, 0.2) is 30.5 Å². The molecule has 0 radical (unpaired) electrons. The zero-order chi connectivity index (χ0) is 10.7. The quantitative estimate of drug-likeness (QED) is 0.784. The summed E-state index contributed by atoms with van der Waals surface area (Å²) in [6.45, 7) is 2.20. The molecule has 0 spiro atoms. The first-order valence-corrected chi connectivity index (χ1v) is 5.64. The average Bonchev–Trinajstić information content (AvgIpc) is 2.72. The van der Waals surface area contributed by atoms with Crippen molar-refractivity contribution in [1.29, 1.82) is 0 Å². The van der Waals surface area contributed by atoms with Gasteiger partial charge in [-0.1, -0.05) is 31.9 Å². The smallest absolute Gasteiger partial charge is 0.0457 e. The molecule has 1 aromatic heterocycles. The molecule has 0 unspecified atom stereocenters. The Morgan fingerprint density at radius 2 is 2.20 bits per heavy atom. The molecule has 0 fully saturated rings. The Kier molecular flexibility index (Phi) is 3.07. The minimum Gasteiger partial charge on any atom is -0.361 e. The van der Waals surface area contributed by atoms with Gasteiger partial charge in [0, 0.05) is 17.8 Å². The van der Waals surface area contributed by atoms with Crippen molar-refractivity contribution in [1.82, 2.24) is 4.98 Å². The van der Waals surface area contributed by atoms with Crippen molar-refractivity contribution in [3.8, 4) is 0 Å². The molecule has 0 amide bonds. The number of unbranched alkanes of at least 4 members (excludes halogenated alkanes) is 1. The molecule has 0 aliphatic carbocycles. The monoisotopic (exact) mass is 202 g/mol. The number of H-pyrrole nitrogens is 1. The van der Waals surface area contributed by atoms with E-state index in [0.29, 0.717) is 0 Å². The van der Waals surface area contributed by atoms with Crippen molar-refractivity contribution in [2.45, 2.75) is 32.2 Å². The first kappa shape index (κ1) is 10.2. The van der Waals surface area contributed by atoms with Gasteiger partial charge in [0.25, 0.3) is 0 Å². The summed E-state index contributed by atoms with van der Waals surface area (Å²) in [5, 5.41) is 1.25. The fraction of sp³-hybridized carbons (Fsp3) is 0.385. The third kappa shape index (κ3) is 2.21. The summed E-state index contributed by atoms with van der Waals surface area (Å²) in [5.41, 5.74) is 8.54. The molecule has 0 bridgehead atoms. The second kappa shape index (κ2) is 4.49. The molecule has 0 aliphatic rings. The van der Waals surface area contributed by atoms with E-state index in [1.165, 1.54) is 29.3 Å². The van der Waals surface area contributed by atoms with Crippen molar-refractivity contribution in [2.75, 3.05) is 0 Å². The molecule has 3 N–H and O–H groups in total. The summed E-state index contributed by atoms with van der Waals surface area (Å²) in [4.78, 5) is 3.22. The highest BCUT2D eigenvalue weighted by Gasteiger charge is 2.06. The van der Waals surface area contributed by atoms with Crippen LogP contribution in [0.5, 0.6) is 0 Å². The van der Waals surface area contributed by atoms with Crippen molar-refractivity contribution < 1.29 is 0 Å². The van der Waals surface area contributed by atoms with Crippen LogP contribution >= 0.6 is 0 Å². The molecule has 2 rings (SSSR count). The predicted molar refractivity (Wildman–Crippen MR) is 64.8 cm³/mol. The number of rotatable bonds is 4. The highest BCUT2D eigenvalue weighted by molar-refractivity contribution is 5.79. The van der Waals surface area contributed by atoms with E-state index in [9.17, 15) is 0 Å². The third-order valence-corrected chi connectivity index (χ3v) is 2.88. The zero-order valence-corrected chi connectivity index (χ0v) is 9.16. The van der Waals surface area contributed by atoms with E-state index in [4.69, 9.17) is 5.73 Å². The largest absolute Gasteiger partial charge is 0.361 e. The number of hydrogen-bond donors (Lipinski definition) is 2. The maximum atomic E-state index is 6.13. The van der Waals surface area contributed by atoms with Gasteiger partial charge in [-0.15, -0.1) is 0 Å². The Morgan fingerprint density at radius 1 is 1.33 bits per heavy atom. The number of benzene rings is 1. The molecule has 0 saturated heterocycles. The summed E-state index contributed by atoms with van der Waals surface area (Å²) in [6.07, 6.45) is 5.44. The van der Waals surface area contributed by atoms with Gasteiger partial charge in [0.05, 0.1) is 0 Å². The minimum atomic E-state index is 0.178. The lowest BCUT2D eigenvalue weighted by Crippen LogP contribution is -2.09. The Hall–Kier alpha value is -1.28. The van der Waals surface area contributed by atoms with E-state index >= 15 is 0 Å². The third-order valence-electron chi connectivity index (χ3n) is 2.88. The van der Waals surface area contributed by atoms with Gasteiger partial charge >= 0.3 is 0 Å². The van der Waals surface area contributed by atoms with Crippen molar-refractivity contribution in [2.24, 2.45) is 5.73 Å². The summed E-state index contributed by atoms with van der Waals surface area (Å²) >= 11 is 0. The molecule has 2 nitrogen and oxygen atoms in total.